The number of anilines is 1. The van der Waals surface area contributed by atoms with Gasteiger partial charge in [0.25, 0.3) is 5.91 Å². The number of hydrogen-bond donors (Lipinski definition) is 2. The minimum absolute atomic E-state index is 0. The van der Waals surface area contributed by atoms with Crippen LogP contribution in [0.3, 0.4) is 0 Å². The fourth-order valence-corrected chi connectivity index (χ4v) is 4.24. The normalized spacial score (nSPS) is 14.5. The number of rotatable bonds is 7. The number of nitrogens with one attached hydrogen (secondary N) is 2. The Morgan fingerprint density at radius 3 is 2.83 bits per heavy atom. The molecule has 1 unspecified atom stereocenters. The van der Waals surface area contributed by atoms with E-state index in [1.54, 1.807) is 11.9 Å². The van der Waals surface area contributed by atoms with Crippen molar-refractivity contribution in [2.45, 2.75) is 32.7 Å². The summed E-state index contributed by atoms with van der Waals surface area (Å²) in [4.78, 5) is 21.0. The van der Waals surface area contributed by atoms with Crippen molar-refractivity contribution in [3.05, 3.63) is 46.2 Å². The summed E-state index contributed by atoms with van der Waals surface area (Å²) in [6.45, 7) is 5.77. The molecular formula is C21H29IN4O2S. The van der Waals surface area contributed by atoms with E-state index in [1.165, 1.54) is 9.75 Å². The number of halogens is 1. The van der Waals surface area contributed by atoms with Gasteiger partial charge in [-0.15, -0.1) is 35.3 Å². The smallest absolute Gasteiger partial charge is 0.265 e. The van der Waals surface area contributed by atoms with Gasteiger partial charge < -0.3 is 20.3 Å². The number of guanidine groups is 1. The highest BCUT2D eigenvalue weighted by Gasteiger charge is 2.24. The van der Waals surface area contributed by atoms with Crippen LogP contribution in [0.1, 0.15) is 23.1 Å². The van der Waals surface area contributed by atoms with Crippen LogP contribution >= 0.6 is 35.3 Å². The molecule has 8 heteroatoms. The molecule has 3 rings (SSSR count). The summed E-state index contributed by atoms with van der Waals surface area (Å²) < 4.78 is 5.49. The molecule has 1 aromatic heterocycles. The van der Waals surface area contributed by atoms with E-state index >= 15 is 0 Å². The summed E-state index contributed by atoms with van der Waals surface area (Å²) in [6.07, 6.45) is 1.79. The molecule has 1 atom stereocenters. The molecule has 158 valence electrons. The molecule has 2 N–H and O–H groups in total. The molecule has 0 radical (unpaired) electrons. The van der Waals surface area contributed by atoms with Crippen LogP contribution in [-0.4, -0.2) is 44.7 Å². The van der Waals surface area contributed by atoms with Crippen molar-refractivity contribution in [1.82, 2.24) is 10.6 Å². The predicted molar refractivity (Wildman–Crippen MR) is 131 cm³/mol. The molecule has 6 nitrogen and oxygen atoms in total. The van der Waals surface area contributed by atoms with Crippen molar-refractivity contribution in [2.75, 3.05) is 31.6 Å². The van der Waals surface area contributed by atoms with Crippen LogP contribution in [0.5, 0.6) is 5.75 Å². The van der Waals surface area contributed by atoms with Crippen molar-refractivity contribution in [1.29, 1.82) is 0 Å². The lowest BCUT2D eigenvalue weighted by Crippen LogP contribution is -2.44. The Bertz CT molecular complexity index is 840. The van der Waals surface area contributed by atoms with Crippen LogP contribution in [0.2, 0.25) is 0 Å². The molecule has 2 aromatic rings. The molecule has 1 amide bonds. The number of benzene rings is 1. The average molecular weight is 528 g/mol. The van der Waals surface area contributed by atoms with E-state index in [1.807, 2.05) is 35.6 Å². The lowest BCUT2D eigenvalue weighted by Gasteiger charge is -2.29. The first kappa shape index (κ1) is 23.5. The molecule has 29 heavy (non-hydrogen) atoms. The Labute approximate surface area is 193 Å². The molecule has 0 spiro atoms. The van der Waals surface area contributed by atoms with E-state index in [0.717, 1.165) is 36.8 Å². The number of ether oxygens (including phenoxy) is 1. The fourth-order valence-electron chi connectivity index (χ4n) is 3.22. The van der Waals surface area contributed by atoms with Gasteiger partial charge in [0.05, 0.1) is 5.69 Å². The van der Waals surface area contributed by atoms with Gasteiger partial charge in [0.2, 0.25) is 0 Å². The topological polar surface area (TPSA) is 66.0 Å². The third-order valence-electron chi connectivity index (χ3n) is 4.57. The number of amides is 1. The predicted octanol–water partition coefficient (Wildman–Crippen LogP) is 3.59. The number of nitrogens with zero attached hydrogens (tertiary/aromatic N) is 2. The maximum Gasteiger partial charge on any atom is 0.265 e. The van der Waals surface area contributed by atoms with E-state index < -0.39 is 0 Å². The standard InChI is InChI=1S/C21H28N4O2S.HI/c1-15(13-17-10-9-16(2)28-17)24-21(22-3)23-11-6-12-25-18-7-4-5-8-19(18)27-14-20(25)26;/h4-5,7-10,15H,6,11-14H2,1-3H3,(H2,22,23,24);1H. The number of para-hydroxylation sites is 2. The van der Waals surface area contributed by atoms with Crippen LogP contribution < -0.4 is 20.3 Å². The number of aliphatic imine (C=N–C) groups is 1. The highest BCUT2D eigenvalue weighted by atomic mass is 127. The SMILES string of the molecule is CN=C(NCCCN1C(=O)COc2ccccc21)NC(C)Cc1ccc(C)s1.I. The molecule has 1 aliphatic rings. The zero-order valence-corrected chi connectivity index (χ0v) is 20.3. The Balaban J connectivity index is 0.00000300. The molecule has 0 saturated heterocycles. The second-order valence-electron chi connectivity index (χ2n) is 6.92. The van der Waals surface area contributed by atoms with Crippen LogP contribution in [0.15, 0.2) is 41.4 Å². The summed E-state index contributed by atoms with van der Waals surface area (Å²) in [6, 6.07) is 12.3. The van der Waals surface area contributed by atoms with Gasteiger partial charge in [0.1, 0.15) is 5.75 Å². The van der Waals surface area contributed by atoms with Crippen molar-refractivity contribution in [3.63, 3.8) is 0 Å². The van der Waals surface area contributed by atoms with E-state index in [2.05, 4.69) is 41.6 Å². The zero-order valence-electron chi connectivity index (χ0n) is 17.1. The first-order valence-corrected chi connectivity index (χ1v) is 10.4. The van der Waals surface area contributed by atoms with E-state index in [4.69, 9.17) is 4.74 Å². The van der Waals surface area contributed by atoms with Crippen molar-refractivity contribution < 1.29 is 9.53 Å². The second-order valence-corrected chi connectivity index (χ2v) is 8.29. The maximum absolute atomic E-state index is 12.2. The average Bonchev–Trinajstić information content (AvgIpc) is 3.10. The van der Waals surface area contributed by atoms with Crippen LogP contribution in [0.4, 0.5) is 5.69 Å². The highest BCUT2D eigenvalue weighted by molar-refractivity contribution is 14.0. The van der Waals surface area contributed by atoms with Crippen molar-refractivity contribution in [2.24, 2.45) is 4.99 Å². The van der Waals surface area contributed by atoms with Crippen LogP contribution in [0.25, 0.3) is 0 Å². The quantitative estimate of drug-likeness (QED) is 0.250. The maximum atomic E-state index is 12.2. The highest BCUT2D eigenvalue weighted by Crippen LogP contribution is 2.31. The van der Waals surface area contributed by atoms with Gasteiger partial charge in [-0.2, -0.15) is 0 Å². The third-order valence-corrected chi connectivity index (χ3v) is 5.59. The molecule has 2 heterocycles. The van der Waals surface area contributed by atoms with Crippen molar-refractivity contribution >= 4 is 52.9 Å². The van der Waals surface area contributed by atoms with Gasteiger partial charge in [0.15, 0.2) is 12.6 Å². The number of hydrogen-bond acceptors (Lipinski definition) is 4. The van der Waals surface area contributed by atoms with Crippen molar-refractivity contribution in [3.8, 4) is 5.75 Å². The van der Waals surface area contributed by atoms with Gasteiger partial charge >= 0.3 is 0 Å². The van der Waals surface area contributed by atoms with Gasteiger partial charge in [-0.05, 0) is 44.5 Å². The minimum Gasteiger partial charge on any atom is -0.482 e. The van der Waals surface area contributed by atoms with E-state index in [-0.39, 0.29) is 42.5 Å². The molecular weight excluding hydrogens is 499 g/mol. The second kappa shape index (κ2) is 11.4. The Kier molecular flexibility index (Phi) is 9.22. The number of carbonyl (C=O) groups excluding carboxylic acids is 1. The Hall–Kier alpha value is -1.81. The monoisotopic (exact) mass is 528 g/mol. The largest absolute Gasteiger partial charge is 0.482 e. The molecule has 1 aromatic carbocycles. The number of aryl methyl sites for hydroxylation is 1. The summed E-state index contributed by atoms with van der Waals surface area (Å²) in [5, 5.41) is 6.78. The molecule has 0 bridgehead atoms. The summed E-state index contributed by atoms with van der Waals surface area (Å²) in [5.41, 5.74) is 0.848. The number of fused-ring (bicyclic) bond motifs is 1. The van der Waals surface area contributed by atoms with Gasteiger partial charge in [-0.25, -0.2) is 0 Å². The third kappa shape index (κ3) is 6.60. The lowest BCUT2D eigenvalue weighted by atomic mass is 10.2. The first-order chi connectivity index (χ1) is 13.6. The summed E-state index contributed by atoms with van der Waals surface area (Å²) in [5.74, 6) is 1.56. The van der Waals surface area contributed by atoms with E-state index in [0.29, 0.717) is 6.54 Å². The van der Waals surface area contributed by atoms with Gasteiger partial charge in [-0.3, -0.25) is 9.79 Å². The number of carbonyl (C=O) groups is 1. The molecule has 0 saturated carbocycles. The Morgan fingerprint density at radius 2 is 2.10 bits per heavy atom. The molecule has 0 fully saturated rings. The van der Waals surface area contributed by atoms with E-state index in [9.17, 15) is 4.79 Å². The first-order valence-electron chi connectivity index (χ1n) is 9.61. The van der Waals surface area contributed by atoms with Gasteiger partial charge in [0, 0.05) is 42.4 Å². The number of thiophene rings is 1. The molecule has 1 aliphatic heterocycles. The minimum atomic E-state index is 0. The fraction of sp³-hybridized carbons (Fsp3) is 0.429. The van der Waals surface area contributed by atoms with Gasteiger partial charge in [-0.1, -0.05) is 12.1 Å². The molecule has 0 aliphatic carbocycles. The van der Waals surface area contributed by atoms with Crippen LogP contribution in [0, 0.1) is 6.92 Å². The summed E-state index contributed by atoms with van der Waals surface area (Å²) >= 11 is 1.83. The Morgan fingerprint density at radius 1 is 1.31 bits per heavy atom. The zero-order chi connectivity index (χ0) is 19.9. The van der Waals surface area contributed by atoms with Crippen LogP contribution in [-0.2, 0) is 11.2 Å². The lowest BCUT2D eigenvalue weighted by molar-refractivity contribution is -0.121. The summed E-state index contributed by atoms with van der Waals surface area (Å²) in [7, 11) is 1.78.